The molecule has 0 saturated carbocycles. The van der Waals surface area contributed by atoms with Gasteiger partial charge in [0.2, 0.25) is 5.13 Å². The maximum absolute atomic E-state index is 11.7. The van der Waals surface area contributed by atoms with Gasteiger partial charge in [0.15, 0.2) is 0 Å². The van der Waals surface area contributed by atoms with Gasteiger partial charge in [-0.2, -0.15) is 17.5 Å². The number of benzene rings is 1. The zero-order chi connectivity index (χ0) is 16.8. The molecule has 0 aliphatic heterocycles. The van der Waals surface area contributed by atoms with Crippen LogP contribution in [0.1, 0.15) is 0 Å². The van der Waals surface area contributed by atoms with Crippen LogP contribution in [0.3, 0.4) is 0 Å². The van der Waals surface area contributed by atoms with Crippen LogP contribution in [0.5, 0.6) is 0 Å². The lowest BCUT2D eigenvalue weighted by atomic mass is 10.4. The lowest BCUT2D eigenvalue weighted by Crippen LogP contribution is -2.21. The summed E-state index contributed by atoms with van der Waals surface area (Å²) >= 11 is 0.993. The van der Waals surface area contributed by atoms with Gasteiger partial charge in [0.1, 0.15) is 6.33 Å². The number of sulfonamides is 1. The van der Waals surface area contributed by atoms with Gasteiger partial charge in [-0.15, -0.1) is 0 Å². The first-order chi connectivity index (χ1) is 10.1. The Morgan fingerprint density at radius 2 is 1.77 bits per heavy atom. The monoisotopic (exact) mass is 355 g/mol. The predicted octanol–water partition coefficient (Wildman–Crippen LogP) is 1.97. The SMILES string of the molecule is O=C(O)C(F)(F)F.O=S(=O)(Nc1ncns1)c1ccccc1. The summed E-state index contributed by atoms with van der Waals surface area (Å²) in [6.07, 6.45) is -3.78. The van der Waals surface area contributed by atoms with Crippen LogP contribution in [0.4, 0.5) is 18.3 Å². The minimum absolute atomic E-state index is 0.209. The molecule has 7 nitrogen and oxygen atoms in total. The topological polar surface area (TPSA) is 109 Å². The number of halogens is 3. The third-order valence-corrected chi connectivity index (χ3v) is 3.94. The average molecular weight is 355 g/mol. The first-order valence-electron chi connectivity index (χ1n) is 5.27. The molecule has 1 aromatic carbocycles. The van der Waals surface area contributed by atoms with Crippen LogP contribution >= 0.6 is 11.5 Å². The minimum Gasteiger partial charge on any atom is -0.475 e. The van der Waals surface area contributed by atoms with Gasteiger partial charge in [-0.05, 0) is 12.1 Å². The molecule has 2 rings (SSSR count). The van der Waals surface area contributed by atoms with E-state index in [-0.39, 0.29) is 10.0 Å². The molecule has 0 aliphatic carbocycles. The largest absolute Gasteiger partial charge is 0.490 e. The highest BCUT2D eigenvalue weighted by Gasteiger charge is 2.38. The fraction of sp³-hybridized carbons (Fsp3) is 0.100. The summed E-state index contributed by atoms with van der Waals surface area (Å²) in [5.41, 5.74) is 0. The van der Waals surface area contributed by atoms with E-state index in [9.17, 15) is 21.6 Å². The van der Waals surface area contributed by atoms with E-state index in [2.05, 4.69) is 14.1 Å². The van der Waals surface area contributed by atoms with E-state index in [1.54, 1.807) is 18.2 Å². The number of hydrogen-bond acceptors (Lipinski definition) is 6. The summed E-state index contributed by atoms with van der Waals surface area (Å²) in [4.78, 5) is 12.8. The molecule has 0 amide bonds. The quantitative estimate of drug-likeness (QED) is 0.871. The standard InChI is InChI=1S/C8H7N3O2S2.C2HF3O2/c12-15(13,7-4-2-1-3-5-7)11-8-9-6-10-14-8;3-2(4,5)1(6)7/h1-6H,(H,9,10,11);(H,6,7). The Kier molecular flexibility index (Phi) is 5.82. The van der Waals surface area contributed by atoms with Gasteiger partial charge in [-0.1, -0.05) is 18.2 Å². The highest BCUT2D eigenvalue weighted by molar-refractivity contribution is 7.93. The highest BCUT2D eigenvalue weighted by Crippen LogP contribution is 2.15. The molecule has 12 heteroatoms. The van der Waals surface area contributed by atoms with Crippen molar-refractivity contribution in [3.8, 4) is 0 Å². The molecule has 120 valence electrons. The minimum atomic E-state index is -5.08. The lowest BCUT2D eigenvalue weighted by Gasteiger charge is -2.03. The smallest absolute Gasteiger partial charge is 0.475 e. The average Bonchev–Trinajstić information content (AvgIpc) is 2.91. The molecule has 2 aromatic rings. The van der Waals surface area contributed by atoms with Crippen molar-refractivity contribution in [2.24, 2.45) is 0 Å². The van der Waals surface area contributed by atoms with Gasteiger partial charge in [0.05, 0.1) is 4.90 Å². The molecule has 0 radical (unpaired) electrons. The van der Waals surface area contributed by atoms with Crippen molar-refractivity contribution in [3.05, 3.63) is 36.7 Å². The second-order valence-corrected chi connectivity index (χ2v) is 5.93. The van der Waals surface area contributed by atoms with E-state index in [1.807, 2.05) is 0 Å². The third kappa shape index (κ3) is 5.65. The summed E-state index contributed by atoms with van der Waals surface area (Å²) in [6, 6.07) is 8.11. The zero-order valence-electron chi connectivity index (χ0n) is 10.5. The van der Waals surface area contributed by atoms with Crippen molar-refractivity contribution in [3.63, 3.8) is 0 Å². The molecule has 0 aliphatic rings. The molecule has 0 bridgehead atoms. The third-order valence-electron chi connectivity index (χ3n) is 1.88. The molecule has 22 heavy (non-hydrogen) atoms. The van der Waals surface area contributed by atoms with Crippen molar-refractivity contribution in [2.45, 2.75) is 11.1 Å². The van der Waals surface area contributed by atoms with Gasteiger partial charge in [-0.3, -0.25) is 4.72 Å². The molecule has 1 aromatic heterocycles. The van der Waals surface area contributed by atoms with Crippen molar-refractivity contribution in [1.29, 1.82) is 0 Å². The fourth-order valence-corrected chi connectivity index (χ4v) is 2.67. The summed E-state index contributed by atoms with van der Waals surface area (Å²) in [7, 11) is -3.53. The van der Waals surface area contributed by atoms with Gasteiger partial charge in [0, 0.05) is 11.5 Å². The van der Waals surface area contributed by atoms with Crippen molar-refractivity contribution < 1.29 is 31.5 Å². The maximum atomic E-state index is 11.7. The molecule has 0 saturated heterocycles. The molecule has 0 atom stereocenters. The van der Waals surface area contributed by atoms with E-state index >= 15 is 0 Å². The van der Waals surface area contributed by atoms with Crippen LogP contribution in [0, 0.1) is 0 Å². The number of aromatic nitrogens is 2. The Labute approximate surface area is 126 Å². The fourth-order valence-electron chi connectivity index (χ4n) is 0.992. The van der Waals surface area contributed by atoms with Gasteiger partial charge in [0.25, 0.3) is 10.0 Å². The second-order valence-electron chi connectivity index (χ2n) is 3.47. The molecular weight excluding hydrogens is 347 g/mol. The first-order valence-corrected chi connectivity index (χ1v) is 7.53. The van der Waals surface area contributed by atoms with E-state index < -0.39 is 22.2 Å². The normalized spacial score (nSPS) is 11.2. The molecule has 0 spiro atoms. The zero-order valence-corrected chi connectivity index (χ0v) is 12.1. The van der Waals surface area contributed by atoms with Gasteiger partial charge in [-0.25, -0.2) is 18.2 Å². The van der Waals surface area contributed by atoms with Crippen LogP contribution in [0.25, 0.3) is 0 Å². The lowest BCUT2D eigenvalue weighted by molar-refractivity contribution is -0.192. The second kappa shape index (κ2) is 7.17. The molecule has 0 unspecified atom stereocenters. The molecule has 1 heterocycles. The number of nitrogens with one attached hydrogen (secondary N) is 1. The van der Waals surface area contributed by atoms with Crippen LogP contribution in [-0.4, -0.2) is 35.0 Å². The van der Waals surface area contributed by atoms with Crippen LogP contribution in [0.15, 0.2) is 41.6 Å². The Hall–Kier alpha value is -2.21. The maximum Gasteiger partial charge on any atom is 0.490 e. The van der Waals surface area contributed by atoms with E-state index in [1.165, 1.54) is 18.5 Å². The van der Waals surface area contributed by atoms with E-state index in [4.69, 9.17) is 9.90 Å². The number of hydrogen-bond donors (Lipinski definition) is 2. The Balaban J connectivity index is 0.000000295. The number of nitrogens with zero attached hydrogens (tertiary/aromatic N) is 2. The Bertz CT molecular complexity index is 703. The van der Waals surface area contributed by atoms with E-state index in [0.29, 0.717) is 0 Å². The number of carbonyl (C=O) groups is 1. The van der Waals surface area contributed by atoms with Crippen LogP contribution < -0.4 is 4.72 Å². The van der Waals surface area contributed by atoms with Crippen molar-refractivity contribution >= 4 is 32.7 Å². The van der Waals surface area contributed by atoms with Crippen molar-refractivity contribution in [1.82, 2.24) is 9.36 Å². The molecule has 0 fully saturated rings. The predicted molar refractivity (Wildman–Crippen MR) is 70.9 cm³/mol. The number of carboxylic acid groups (broad SMARTS) is 1. The Morgan fingerprint density at radius 1 is 1.23 bits per heavy atom. The van der Waals surface area contributed by atoms with Crippen LogP contribution in [-0.2, 0) is 14.8 Å². The number of anilines is 1. The highest BCUT2D eigenvalue weighted by atomic mass is 32.2. The van der Waals surface area contributed by atoms with Crippen molar-refractivity contribution in [2.75, 3.05) is 4.72 Å². The first kappa shape index (κ1) is 17.8. The number of aliphatic carboxylic acids is 1. The number of carboxylic acids is 1. The summed E-state index contributed by atoms with van der Waals surface area (Å²) in [6.45, 7) is 0. The van der Waals surface area contributed by atoms with Gasteiger partial charge < -0.3 is 5.11 Å². The summed E-state index contributed by atoms with van der Waals surface area (Å²) < 4.78 is 61.2. The summed E-state index contributed by atoms with van der Waals surface area (Å²) in [5, 5.41) is 7.39. The molecular formula is C10H8F3N3O4S2. The van der Waals surface area contributed by atoms with Gasteiger partial charge >= 0.3 is 12.1 Å². The Morgan fingerprint density at radius 3 is 2.18 bits per heavy atom. The summed E-state index contributed by atoms with van der Waals surface area (Å²) in [5.74, 6) is -2.76. The van der Waals surface area contributed by atoms with E-state index in [0.717, 1.165) is 11.5 Å². The number of rotatable bonds is 3. The number of alkyl halides is 3. The van der Waals surface area contributed by atoms with Crippen LogP contribution in [0.2, 0.25) is 0 Å². The molecule has 2 N–H and O–H groups in total.